The van der Waals surface area contributed by atoms with Crippen LogP contribution in [0.4, 0.5) is 0 Å². The van der Waals surface area contributed by atoms with Gasteiger partial charge in [0.25, 0.3) is 0 Å². The molecule has 0 saturated heterocycles. The predicted molar refractivity (Wildman–Crippen MR) is 89.3 cm³/mol. The number of benzene rings is 1. The summed E-state index contributed by atoms with van der Waals surface area (Å²) in [5, 5.41) is 11.2. The van der Waals surface area contributed by atoms with Gasteiger partial charge in [0.05, 0.1) is 19.3 Å². The molecular weight excluding hydrogens is 292 g/mol. The van der Waals surface area contributed by atoms with Crippen LogP contribution in [0, 0.1) is 11.3 Å². The van der Waals surface area contributed by atoms with Gasteiger partial charge in [0.1, 0.15) is 6.42 Å². The molecule has 1 rings (SSSR count). The molecule has 5 nitrogen and oxygen atoms in total. The number of nitrogens with one attached hydrogen (secondary N) is 1. The zero-order chi connectivity index (χ0) is 16.9. The quantitative estimate of drug-likeness (QED) is 0.633. The van der Waals surface area contributed by atoms with Crippen molar-refractivity contribution in [1.82, 2.24) is 5.32 Å². The first-order valence-electron chi connectivity index (χ1n) is 8.23. The molecule has 1 amide bonds. The monoisotopic (exact) mass is 318 g/mol. The van der Waals surface area contributed by atoms with Gasteiger partial charge in [-0.15, -0.1) is 0 Å². The molecule has 0 bridgehead atoms. The number of hydrogen-bond acceptors (Lipinski definition) is 4. The molecule has 126 valence electrons. The number of rotatable bonds is 11. The normalized spacial score (nSPS) is 9.96. The average molecular weight is 318 g/mol. The van der Waals surface area contributed by atoms with Crippen LogP contribution in [0.15, 0.2) is 18.2 Å². The van der Waals surface area contributed by atoms with E-state index in [-0.39, 0.29) is 12.3 Å². The van der Waals surface area contributed by atoms with Gasteiger partial charge < -0.3 is 14.8 Å². The molecular formula is C18H26N2O3. The van der Waals surface area contributed by atoms with Crippen LogP contribution < -0.4 is 14.8 Å². The Bertz CT molecular complexity index is 523. The van der Waals surface area contributed by atoms with Crippen LogP contribution in [0.5, 0.6) is 11.5 Å². The highest BCUT2D eigenvalue weighted by Gasteiger charge is 2.08. The third-order valence-corrected chi connectivity index (χ3v) is 3.29. The van der Waals surface area contributed by atoms with Crippen molar-refractivity contribution in [3.05, 3.63) is 23.8 Å². The number of nitriles is 1. The van der Waals surface area contributed by atoms with Crippen molar-refractivity contribution in [1.29, 1.82) is 5.26 Å². The minimum Gasteiger partial charge on any atom is -0.490 e. The second-order valence-electron chi connectivity index (χ2n) is 5.23. The Balaban J connectivity index is 2.58. The minimum absolute atomic E-state index is 0.128. The van der Waals surface area contributed by atoms with Crippen molar-refractivity contribution >= 4 is 5.91 Å². The SMILES string of the molecule is CCCCCCOc1ccc(CNC(=O)CC#N)cc1OCC. The molecule has 1 aromatic carbocycles. The fraction of sp³-hybridized carbons (Fsp3) is 0.556. The molecule has 23 heavy (non-hydrogen) atoms. The highest BCUT2D eigenvalue weighted by atomic mass is 16.5. The molecule has 0 saturated carbocycles. The van der Waals surface area contributed by atoms with Gasteiger partial charge in [0.2, 0.25) is 5.91 Å². The maximum absolute atomic E-state index is 11.3. The molecule has 0 atom stereocenters. The van der Waals surface area contributed by atoms with Gasteiger partial charge in [-0.2, -0.15) is 5.26 Å². The zero-order valence-electron chi connectivity index (χ0n) is 14.1. The Labute approximate surface area is 138 Å². The first-order chi connectivity index (χ1) is 11.2. The lowest BCUT2D eigenvalue weighted by Gasteiger charge is -2.13. The molecule has 0 heterocycles. The van der Waals surface area contributed by atoms with E-state index in [1.165, 1.54) is 19.3 Å². The molecule has 0 aliphatic rings. The van der Waals surface area contributed by atoms with Crippen LogP contribution in [0.2, 0.25) is 0 Å². The second kappa shape index (κ2) is 11.4. The summed E-state index contributed by atoms with van der Waals surface area (Å²) in [4.78, 5) is 11.3. The summed E-state index contributed by atoms with van der Waals surface area (Å²) in [5.41, 5.74) is 0.915. The number of carbonyl (C=O) groups excluding carboxylic acids is 1. The maximum Gasteiger partial charge on any atom is 0.234 e. The molecule has 0 aliphatic carbocycles. The largest absolute Gasteiger partial charge is 0.490 e. The van der Waals surface area contributed by atoms with Crippen LogP contribution >= 0.6 is 0 Å². The van der Waals surface area contributed by atoms with Crippen molar-refractivity contribution in [2.24, 2.45) is 0 Å². The van der Waals surface area contributed by atoms with Gasteiger partial charge >= 0.3 is 0 Å². The molecule has 1 aromatic rings. The Kier molecular flexibility index (Phi) is 9.30. The van der Waals surface area contributed by atoms with Crippen molar-refractivity contribution < 1.29 is 14.3 Å². The van der Waals surface area contributed by atoms with Crippen LogP contribution in [-0.4, -0.2) is 19.1 Å². The van der Waals surface area contributed by atoms with Crippen molar-refractivity contribution in [2.45, 2.75) is 52.5 Å². The zero-order valence-corrected chi connectivity index (χ0v) is 14.1. The lowest BCUT2D eigenvalue weighted by molar-refractivity contribution is -0.120. The number of carbonyl (C=O) groups is 1. The van der Waals surface area contributed by atoms with E-state index >= 15 is 0 Å². The fourth-order valence-corrected chi connectivity index (χ4v) is 2.10. The van der Waals surface area contributed by atoms with Crippen LogP contribution in [-0.2, 0) is 11.3 Å². The van der Waals surface area contributed by atoms with Gasteiger partial charge in [-0.05, 0) is 31.0 Å². The van der Waals surface area contributed by atoms with Crippen molar-refractivity contribution in [3.63, 3.8) is 0 Å². The number of hydrogen-bond donors (Lipinski definition) is 1. The summed E-state index contributed by atoms with van der Waals surface area (Å²) in [6.07, 6.45) is 4.51. The average Bonchev–Trinajstić information content (AvgIpc) is 2.55. The molecule has 0 aliphatic heterocycles. The Hall–Kier alpha value is -2.22. The number of amides is 1. The standard InChI is InChI=1S/C18H26N2O3/c1-3-5-6-7-12-23-16-9-8-15(13-17(16)22-4-2)14-20-18(21)10-11-19/h8-9,13H,3-7,10,12,14H2,1-2H3,(H,20,21). The second-order valence-corrected chi connectivity index (χ2v) is 5.23. The van der Waals surface area contributed by atoms with E-state index in [0.29, 0.717) is 25.5 Å². The molecule has 0 fully saturated rings. The van der Waals surface area contributed by atoms with Crippen LogP contribution in [0.3, 0.4) is 0 Å². The van der Waals surface area contributed by atoms with Gasteiger partial charge in [-0.25, -0.2) is 0 Å². The first-order valence-corrected chi connectivity index (χ1v) is 8.23. The summed E-state index contributed by atoms with van der Waals surface area (Å²) < 4.78 is 11.4. The Morgan fingerprint density at radius 1 is 1.17 bits per heavy atom. The Morgan fingerprint density at radius 2 is 2.00 bits per heavy atom. The van der Waals surface area contributed by atoms with Crippen LogP contribution in [0.1, 0.15) is 51.5 Å². The van der Waals surface area contributed by atoms with Crippen molar-refractivity contribution in [2.75, 3.05) is 13.2 Å². The molecule has 1 N–H and O–H groups in total. The minimum atomic E-state index is -0.276. The van der Waals surface area contributed by atoms with E-state index in [1.807, 2.05) is 31.2 Å². The van der Waals surface area contributed by atoms with Crippen molar-refractivity contribution in [3.8, 4) is 17.6 Å². The number of unbranched alkanes of at least 4 members (excludes halogenated alkanes) is 3. The summed E-state index contributed by atoms with van der Waals surface area (Å²) in [6, 6.07) is 7.47. The molecule has 0 radical (unpaired) electrons. The lowest BCUT2D eigenvalue weighted by Crippen LogP contribution is -2.21. The van der Waals surface area contributed by atoms with E-state index in [9.17, 15) is 4.79 Å². The Morgan fingerprint density at radius 3 is 2.70 bits per heavy atom. The van der Waals surface area contributed by atoms with E-state index in [4.69, 9.17) is 14.7 Å². The van der Waals surface area contributed by atoms with E-state index in [0.717, 1.165) is 17.7 Å². The summed E-state index contributed by atoms with van der Waals surface area (Å²) in [7, 11) is 0. The smallest absolute Gasteiger partial charge is 0.234 e. The molecule has 0 unspecified atom stereocenters. The highest BCUT2D eigenvalue weighted by molar-refractivity contribution is 5.77. The third-order valence-electron chi connectivity index (χ3n) is 3.29. The third kappa shape index (κ3) is 7.55. The fourth-order valence-electron chi connectivity index (χ4n) is 2.10. The van der Waals surface area contributed by atoms with Gasteiger partial charge in [0, 0.05) is 6.54 Å². The molecule has 5 heteroatoms. The number of ether oxygens (including phenoxy) is 2. The summed E-state index contributed by atoms with van der Waals surface area (Å²) in [6.45, 7) is 5.71. The van der Waals surface area contributed by atoms with Crippen LogP contribution in [0.25, 0.3) is 0 Å². The maximum atomic E-state index is 11.3. The number of nitrogens with zero attached hydrogens (tertiary/aromatic N) is 1. The first kappa shape index (κ1) is 18.8. The predicted octanol–water partition coefficient (Wildman–Crippen LogP) is 3.57. The highest BCUT2D eigenvalue weighted by Crippen LogP contribution is 2.28. The molecule has 0 spiro atoms. The molecule has 0 aromatic heterocycles. The summed E-state index contributed by atoms with van der Waals surface area (Å²) in [5.74, 6) is 1.15. The van der Waals surface area contributed by atoms with E-state index in [2.05, 4.69) is 12.2 Å². The van der Waals surface area contributed by atoms with Gasteiger partial charge in [-0.3, -0.25) is 4.79 Å². The summed E-state index contributed by atoms with van der Waals surface area (Å²) >= 11 is 0. The van der Waals surface area contributed by atoms with E-state index in [1.54, 1.807) is 0 Å². The lowest BCUT2D eigenvalue weighted by atomic mass is 10.2. The van der Waals surface area contributed by atoms with Gasteiger partial charge in [0.15, 0.2) is 11.5 Å². The van der Waals surface area contributed by atoms with E-state index < -0.39 is 0 Å². The topological polar surface area (TPSA) is 71.3 Å². The van der Waals surface area contributed by atoms with Gasteiger partial charge in [-0.1, -0.05) is 32.3 Å².